The summed E-state index contributed by atoms with van der Waals surface area (Å²) in [6.45, 7) is 1.73. The Morgan fingerprint density at radius 1 is 0.960 bits per heavy atom. The molecule has 3 heteroatoms. The normalized spacial score (nSPS) is 16.5. The van der Waals surface area contributed by atoms with E-state index in [2.05, 4.69) is 53.1 Å². The van der Waals surface area contributed by atoms with Crippen LogP contribution in [0.3, 0.4) is 0 Å². The zero-order chi connectivity index (χ0) is 17.3. The van der Waals surface area contributed by atoms with Crippen molar-refractivity contribution in [2.24, 2.45) is 0 Å². The molecule has 2 aromatic carbocycles. The van der Waals surface area contributed by atoms with Crippen LogP contribution >= 0.6 is 0 Å². The molecule has 1 aliphatic rings. The van der Waals surface area contributed by atoms with E-state index in [4.69, 9.17) is 4.74 Å². The molecule has 0 saturated heterocycles. The van der Waals surface area contributed by atoms with Gasteiger partial charge in [-0.3, -0.25) is 0 Å². The van der Waals surface area contributed by atoms with Crippen molar-refractivity contribution in [2.75, 3.05) is 13.7 Å². The lowest BCUT2D eigenvalue weighted by Gasteiger charge is -2.29. The molecule has 134 valence electrons. The molecule has 3 rings (SSSR count). The van der Waals surface area contributed by atoms with Gasteiger partial charge in [-0.2, -0.15) is 0 Å². The van der Waals surface area contributed by atoms with Crippen molar-refractivity contribution in [1.82, 2.24) is 10.6 Å². The molecule has 1 aliphatic carbocycles. The molecular weight excluding hydrogens is 308 g/mol. The summed E-state index contributed by atoms with van der Waals surface area (Å²) in [7, 11) is 1.73. The summed E-state index contributed by atoms with van der Waals surface area (Å²) in [4.78, 5) is 0. The van der Waals surface area contributed by atoms with E-state index in [1.165, 1.54) is 43.2 Å². The van der Waals surface area contributed by atoms with Crippen molar-refractivity contribution in [3.63, 3.8) is 0 Å². The van der Waals surface area contributed by atoms with E-state index >= 15 is 0 Å². The lowest BCUT2D eigenvalue weighted by atomic mass is 9.94. The smallest absolute Gasteiger partial charge is 0.123 e. The molecule has 1 atom stereocenters. The van der Waals surface area contributed by atoms with Crippen LogP contribution in [0.1, 0.15) is 49.3 Å². The van der Waals surface area contributed by atoms with E-state index in [-0.39, 0.29) is 0 Å². The van der Waals surface area contributed by atoms with Gasteiger partial charge in [0.2, 0.25) is 0 Å². The van der Waals surface area contributed by atoms with Gasteiger partial charge in [-0.15, -0.1) is 0 Å². The monoisotopic (exact) mass is 338 g/mol. The Labute approximate surface area is 151 Å². The molecule has 0 heterocycles. The van der Waals surface area contributed by atoms with Crippen molar-refractivity contribution < 1.29 is 4.74 Å². The standard InChI is InChI=1S/C22H30N2O/c1-25-22-15-9-8-12-19(22)16-23-17-21(18-10-4-2-5-11-18)24-20-13-6-3-7-14-20/h2,4-5,8-12,15,20-21,23-24H,3,6-7,13-14,16-17H2,1H3. The highest BCUT2D eigenvalue weighted by Crippen LogP contribution is 2.22. The third kappa shape index (κ3) is 5.32. The van der Waals surface area contributed by atoms with Gasteiger partial charge < -0.3 is 15.4 Å². The summed E-state index contributed by atoms with van der Waals surface area (Å²) in [5, 5.41) is 7.52. The summed E-state index contributed by atoms with van der Waals surface area (Å²) in [5.74, 6) is 0.950. The minimum absolute atomic E-state index is 0.346. The Morgan fingerprint density at radius 3 is 2.44 bits per heavy atom. The number of benzene rings is 2. The van der Waals surface area contributed by atoms with Crippen LogP contribution in [-0.4, -0.2) is 19.7 Å². The second-order valence-electron chi connectivity index (χ2n) is 6.91. The third-order valence-electron chi connectivity index (χ3n) is 5.10. The van der Waals surface area contributed by atoms with E-state index in [1.807, 2.05) is 12.1 Å². The van der Waals surface area contributed by atoms with Gasteiger partial charge in [-0.05, 0) is 24.5 Å². The zero-order valence-electron chi connectivity index (χ0n) is 15.2. The molecule has 1 saturated carbocycles. The third-order valence-corrected chi connectivity index (χ3v) is 5.10. The van der Waals surface area contributed by atoms with Crippen LogP contribution in [-0.2, 0) is 6.54 Å². The predicted octanol–water partition coefficient (Wildman–Crippen LogP) is 4.45. The van der Waals surface area contributed by atoms with E-state index in [9.17, 15) is 0 Å². The summed E-state index contributed by atoms with van der Waals surface area (Å²) in [6.07, 6.45) is 6.70. The largest absolute Gasteiger partial charge is 0.496 e. The quantitative estimate of drug-likeness (QED) is 0.746. The van der Waals surface area contributed by atoms with Crippen molar-refractivity contribution in [3.8, 4) is 5.75 Å². The molecule has 1 fully saturated rings. The first kappa shape index (κ1) is 18.0. The first-order valence-electron chi connectivity index (χ1n) is 9.50. The van der Waals surface area contributed by atoms with Crippen LogP contribution in [0.25, 0.3) is 0 Å². The Balaban J connectivity index is 1.61. The zero-order valence-corrected chi connectivity index (χ0v) is 15.2. The Bertz CT molecular complexity index is 623. The van der Waals surface area contributed by atoms with Crippen LogP contribution < -0.4 is 15.4 Å². The van der Waals surface area contributed by atoms with Crippen LogP contribution in [0, 0.1) is 0 Å². The van der Waals surface area contributed by atoms with Crippen LogP contribution in [0.2, 0.25) is 0 Å². The highest BCUT2D eigenvalue weighted by atomic mass is 16.5. The van der Waals surface area contributed by atoms with Gasteiger partial charge in [0.05, 0.1) is 7.11 Å². The van der Waals surface area contributed by atoms with Gasteiger partial charge in [0.15, 0.2) is 0 Å². The van der Waals surface area contributed by atoms with Crippen molar-refractivity contribution >= 4 is 0 Å². The van der Waals surface area contributed by atoms with Crippen LogP contribution in [0.4, 0.5) is 0 Å². The first-order valence-corrected chi connectivity index (χ1v) is 9.50. The maximum absolute atomic E-state index is 5.45. The van der Waals surface area contributed by atoms with Crippen molar-refractivity contribution in [2.45, 2.75) is 50.7 Å². The number of para-hydroxylation sites is 1. The van der Waals surface area contributed by atoms with Gasteiger partial charge in [-0.1, -0.05) is 67.8 Å². The van der Waals surface area contributed by atoms with Gasteiger partial charge in [0.25, 0.3) is 0 Å². The average molecular weight is 338 g/mol. The summed E-state index contributed by atoms with van der Waals surface area (Å²) in [5.41, 5.74) is 2.56. The highest BCUT2D eigenvalue weighted by molar-refractivity contribution is 5.33. The summed E-state index contributed by atoms with van der Waals surface area (Å²) in [6, 6.07) is 20.0. The van der Waals surface area contributed by atoms with Crippen LogP contribution in [0.15, 0.2) is 54.6 Å². The first-order chi connectivity index (χ1) is 12.4. The molecule has 0 bridgehead atoms. The Morgan fingerprint density at radius 2 is 1.68 bits per heavy atom. The lowest BCUT2D eigenvalue weighted by molar-refractivity contribution is 0.331. The molecule has 0 amide bonds. The molecule has 3 nitrogen and oxygen atoms in total. The number of hydrogen-bond donors (Lipinski definition) is 2. The Hall–Kier alpha value is -1.84. The highest BCUT2D eigenvalue weighted by Gasteiger charge is 2.19. The maximum Gasteiger partial charge on any atom is 0.123 e. The van der Waals surface area contributed by atoms with E-state index in [1.54, 1.807) is 7.11 Å². The molecule has 0 aliphatic heterocycles. The van der Waals surface area contributed by atoms with Gasteiger partial charge >= 0.3 is 0 Å². The molecule has 1 unspecified atom stereocenters. The summed E-state index contributed by atoms with van der Waals surface area (Å²) < 4.78 is 5.45. The van der Waals surface area contributed by atoms with Crippen LogP contribution in [0.5, 0.6) is 5.75 Å². The SMILES string of the molecule is COc1ccccc1CNCC(NC1CCCCC1)c1ccccc1. The molecule has 25 heavy (non-hydrogen) atoms. The molecule has 2 N–H and O–H groups in total. The number of hydrogen-bond acceptors (Lipinski definition) is 3. The van der Waals surface area contributed by atoms with Gasteiger partial charge in [0, 0.05) is 30.7 Å². The molecule has 2 aromatic rings. The minimum Gasteiger partial charge on any atom is -0.496 e. The van der Waals surface area contributed by atoms with Gasteiger partial charge in [0.1, 0.15) is 5.75 Å². The van der Waals surface area contributed by atoms with Crippen molar-refractivity contribution in [1.29, 1.82) is 0 Å². The minimum atomic E-state index is 0.346. The predicted molar refractivity (Wildman–Crippen MR) is 104 cm³/mol. The second-order valence-corrected chi connectivity index (χ2v) is 6.91. The fraction of sp³-hybridized carbons (Fsp3) is 0.455. The number of methoxy groups -OCH3 is 1. The fourth-order valence-corrected chi connectivity index (χ4v) is 3.71. The average Bonchev–Trinajstić information content (AvgIpc) is 2.69. The number of rotatable bonds is 8. The lowest BCUT2D eigenvalue weighted by Crippen LogP contribution is -2.39. The molecule has 0 spiro atoms. The number of nitrogens with one attached hydrogen (secondary N) is 2. The van der Waals surface area contributed by atoms with Gasteiger partial charge in [-0.25, -0.2) is 0 Å². The fourth-order valence-electron chi connectivity index (χ4n) is 3.71. The van der Waals surface area contributed by atoms with E-state index < -0.39 is 0 Å². The second kappa shape index (κ2) is 9.59. The Kier molecular flexibility index (Phi) is 6.89. The van der Waals surface area contributed by atoms with Crippen molar-refractivity contribution in [3.05, 3.63) is 65.7 Å². The molecular formula is C22H30N2O. The number of ether oxygens (including phenoxy) is 1. The topological polar surface area (TPSA) is 33.3 Å². The van der Waals surface area contributed by atoms with E-state index in [0.29, 0.717) is 12.1 Å². The maximum atomic E-state index is 5.45. The summed E-state index contributed by atoms with van der Waals surface area (Å²) >= 11 is 0. The molecule has 0 radical (unpaired) electrons. The molecule has 0 aromatic heterocycles. The van der Waals surface area contributed by atoms with E-state index in [0.717, 1.165) is 18.8 Å².